The summed E-state index contributed by atoms with van der Waals surface area (Å²) in [7, 11) is 1.74. The highest BCUT2D eigenvalue weighted by Gasteiger charge is 2.25. The van der Waals surface area contributed by atoms with E-state index in [0.29, 0.717) is 5.91 Å². The molecule has 3 nitrogen and oxygen atoms in total. The van der Waals surface area contributed by atoms with Crippen LogP contribution in [0.1, 0.15) is 103 Å². The van der Waals surface area contributed by atoms with E-state index in [9.17, 15) is 4.79 Å². The molecule has 1 atom stereocenters. The minimum absolute atomic E-state index is 0.264. The maximum absolute atomic E-state index is 12.1. The van der Waals surface area contributed by atoms with Crippen LogP contribution < -0.4 is 0 Å². The van der Waals surface area contributed by atoms with Gasteiger partial charge in [0.1, 0.15) is 0 Å². The molecule has 1 fully saturated rings. The molecule has 0 saturated carbocycles. The SMILES string of the molecule is CCCCCCCCCCCCCCCC(=O)N1CCC(OC)C1. The van der Waals surface area contributed by atoms with Crippen molar-refractivity contribution in [3.05, 3.63) is 0 Å². The van der Waals surface area contributed by atoms with Gasteiger partial charge >= 0.3 is 0 Å². The predicted molar refractivity (Wildman–Crippen MR) is 102 cm³/mol. The lowest BCUT2D eigenvalue weighted by Crippen LogP contribution is -2.29. The number of carbonyl (C=O) groups is 1. The number of hydrogen-bond donors (Lipinski definition) is 0. The summed E-state index contributed by atoms with van der Waals surface area (Å²) in [5.74, 6) is 0.331. The fourth-order valence-corrected chi connectivity index (χ4v) is 3.60. The van der Waals surface area contributed by atoms with Crippen LogP contribution in [-0.4, -0.2) is 37.1 Å². The Morgan fingerprint density at radius 2 is 1.38 bits per heavy atom. The molecular weight excluding hydrogens is 298 g/mol. The zero-order valence-corrected chi connectivity index (χ0v) is 16.4. The van der Waals surface area contributed by atoms with Gasteiger partial charge in [0.25, 0.3) is 0 Å². The zero-order valence-electron chi connectivity index (χ0n) is 16.4. The molecule has 0 aromatic rings. The van der Waals surface area contributed by atoms with E-state index in [1.807, 2.05) is 4.90 Å². The second kappa shape index (κ2) is 14.7. The summed E-state index contributed by atoms with van der Waals surface area (Å²) in [5.41, 5.74) is 0. The van der Waals surface area contributed by atoms with E-state index in [2.05, 4.69) is 6.92 Å². The Morgan fingerprint density at radius 3 is 1.83 bits per heavy atom. The first-order valence-corrected chi connectivity index (χ1v) is 10.6. The molecule has 1 aliphatic heterocycles. The number of unbranched alkanes of at least 4 members (excludes halogenated alkanes) is 12. The lowest BCUT2D eigenvalue weighted by Gasteiger charge is -2.15. The Hall–Kier alpha value is -0.570. The molecule has 1 amide bonds. The van der Waals surface area contributed by atoms with E-state index in [-0.39, 0.29) is 6.10 Å². The Labute approximate surface area is 150 Å². The van der Waals surface area contributed by atoms with Gasteiger partial charge in [-0.25, -0.2) is 0 Å². The number of likely N-dealkylation sites (tertiary alicyclic amines) is 1. The van der Waals surface area contributed by atoms with Crippen LogP contribution in [0.5, 0.6) is 0 Å². The molecule has 0 aromatic carbocycles. The van der Waals surface area contributed by atoms with Crippen LogP contribution in [-0.2, 0) is 9.53 Å². The third-order valence-corrected chi connectivity index (χ3v) is 5.33. The summed E-state index contributed by atoms with van der Waals surface area (Å²) in [6, 6.07) is 0. The summed E-state index contributed by atoms with van der Waals surface area (Å²) in [5, 5.41) is 0. The molecule has 1 aliphatic rings. The Morgan fingerprint density at radius 1 is 0.875 bits per heavy atom. The van der Waals surface area contributed by atoms with E-state index in [0.717, 1.165) is 32.4 Å². The average molecular weight is 340 g/mol. The molecule has 1 heterocycles. The average Bonchev–Trinajstić information content (AvgIpc) is 3.08. The van der Waals surface area contributed by atoms with Gasteiger partial charge in [0.15, 0.2) is 0 Å². The van der Waals surface area contributed by atoms with Gasteiger partial charge in [0.2, 0.25) is 5.91 Å². The Balaban J connectivity index is 1.80. The lowest BCUT2D eigenvalue weighted by atomic mass is 10.0. The standard InChI is InChI=1S/C21H41NO2/c1-3-4-5-6-7-8-9-10-11-12-13-14-15-16-21(23)22-18-17-20(19-22)24-2/h20H,3-19H2,1-2H3. The monoisotopic (exact) mass is 339 g/mol. The number of hydrogen-bond acceptors (Lipinski definition) is 2. The molecule has 24 heavy (non-hydrogen) atoms. The normalized spacial score (nSPS) is 17.6. The topological polar surface area (TPSA) is 29.5 Å². The van der Waals surface area contributed by atoms with E-state index < -0.39 is 0 Å². The van der Waals surface area contributed by atoms with E-state index >= 15 is 0 Å². The van der Waals surface area contributed by atoms with Gasteiger partial charge in [-0.2, -0.15) is 0 Å². The van der Waals surface area contributed by atoms with Crippen LogP contribution in [0.3, 0.4) is 0 Å². The van der Waals surface area contributed by atoms with Crippen LogP contribution >= 0.6 is 0 Å². The molecule has 0 aliphatic carbocycles. The van der Waals surface area contributed by atoms with E-state index in [4.69, 9.17) is 4.74 Å². The fraction of sp³-hybridized carbons (Fsp3) is 0.952. The number of ether oxygens (including phenoxy) is 1. The molecule has 0 spiro atoms. The second-order valence-electron chi connectivity index (χ2n) is 7.48. The van der Waals surface area contributed by atoms with Crippen molar-refractivity contribution in [3.63, 3.8) is 0 Å². The minimum Gasteiger partial charge on any atom is -0.380 e. The summed E-state index contributed by atoms with van der Waals surface area (Å²) in [6.45, 7) is 3.96. The molecule has 1 unspecified atom stereocenters. The van der Waals surface area contributed by atoms with Crippen molar-refractivity contribution in [1.82, 2.24) is 4.90 Å². The van der Waals surface area contributed by atoms with Crippen LogP contribution in [0, 0.1) is 0 Å². The maximum Gasteiger partial charge on any atom is 0.222 e. The number of amides is 1. The lowest BCUT2D eigenvalue weighted by molar-refractivity contribution is -0.130. The largest absolute Gasteiger partial charge is 0.380 e. The molecule has 0 N–H and O–H groups in total. The van der Waals surface area contributed by atoms with Gasteiger partial charge in [-0.05, 0) is 12.8 Å². The molecule has 3 heteroatoms. The first-order chi connectivity index (χ1) is 11.8. The van der Waals surface area contributed by atoms with Crippen molar-refractivity contribution < 1.29 is 9.53 Å². The second-order valence-corrected chi connectivity index (χ2v) is 7.48. The highest BCUT2D eigenvalue weighted by molar-refractivity contribution is 5.76. The van der Waals surface area contributed by atoms with Crippen molar-refractivity contribution in [3.8, 4) is 0 Å². The van der Waals surface area contributed by atoms with Crippen molar-refractivity contribution in [2.24, 2.45) is 0 Å². The Kier molecular flexibility index (Phi) is 13.2. The van der Waals surface area contributed by atoms with Crippen molar-refractivity contribution in [2.75, 3.05) is 20.2 Å². The first kappa shape index (κ1) is 21.5. The summed E-state index contributed by atoms with van der Waals surface area (Å²) < 4.78 is 5.32. The van der Waals surface area contributed by atoms with E-state index in [1.165, 1.54) is 77.0 Å². The third kappa shape index (κ3) is 10.3. The Bertz CT molecular complexity index is 306. The van der Waals surface area contributed by atoms with Crippen LogP contribution in [0.25, 0.3) is 0 Å². The molecule has 1 rings (SSSR count). The van der Waals surface area contributed by atoms with Crippen LogP contribution in [0.4, 0.5) is 0 Å². The van der Waals surface area contributed by atoms with Gasteiger partial charge in [-0.3, -0.25) is 4.79 Å². The van der Waals surface area contributed by atoms with E-state index in [1.54, 1.807) is 7.11 Å². The number of methoxy groups -OCH3 is 1. The summed E-state index contributed by atoms with van der Waals surface area (Å²) in [6.07, 6.45) is 19.6. The van der Waals surface area contributed by atoms with Gasteiger partial charge in [-0.1, -0.05) is 84.0 Å². The fourth-order valence-electron chi connectivity index (χ4n) is 3.60. The molecule has 0 aromatic heterocycles. The van der Waals surface area contributed by atoms with Crippen LogP contribution in [0.15, 0.2) is 0 Å². The molecular formula is C21H41NO2. The van der Waals surface area contributed by atoms with Crippen LogP contribution in [0.2, 0.25) is 0 Å². The highest BCUT2D eigenvalue weighted by Crippen LogP contribution is 2.16. The number of nitrogens with zero attached hydrogens (tertiary/aromatic N) is 1. The highest BCUT2D eigenvalue weighted by atomic mass is 16.5. The quantitative estimate of drug-likeness (QED) is 0.357. The first-order valence-electron chi connectivity index (χ1n) is 10.6. The van der Waals surface area contributed by atoms with Crippen molar-refractivity contribution in [1.29, 1.82) is 0 Å². The minimum atomic E-state index is 0.264. The number of carbonyl (C=O) groups excluding carboxylic acids is 1. The number of rotatable bonds is 15. The maximum atomic E-state index is 12.1. The van der Waals surface area contributed by atoms with Crippen molar-refractivity contribution >= 4 is 5.91 Å². The van der Waals surface area contributed by atoms with Gasteiger partial charge in [-0.15, -0.1) is 0 Å². The van der Waals surface area contributed by atoms with Gasteiger partial charge < -0.3 is 9.64 Å². The molecule has 1 saturated heterocycles. The smallest absolute Gasteiger partial charge is 0.222 e. The summed E-state index contributed by atoms with van der Waals surface area (Å²) >= 11 is 0. The molecule has 0 radical (unpaired) electrons. The van der Waals surface area contributed by atoms with Gasteiger partial charge in [0.05, 0.1) is 6.10 Å². The summed E-state index contributed by atoms with van der Waals surface area (Å²) in [4.78, 5) is 14.1. The third-order valence-electron chi connectivity index (χ3n) is 5.33. The zero-order chi connectivity index (χ0) is 17.5. The predicted octanol–water partition coefficient (Wildman–Crippen LogP) is 5.72. The molecule has 0 bridgehead atoms. The van der Waals surface area contributed by atoms with Gasteiger partial charge in [0, 0.05) is 26.6 Å². The molecule has 142 valence electrons. The van der Waals surface area contributed by atoms with Crippen molar-refractivity contribution in [2.45, 2.75) is 109 Å².